The number of hydrogen-bond acceptors (Lipinski definition) is 4. The minimum absolute atomic E-state index is 0.869. The highest BCUT2D eigenvalue weighted by atomic mass is 16.5. The van der Waals surface area contributed by atoms with Gasteiger partial charge in [0.2, 0.25) is 0 Å². The fourth-order valence-corrected chi connectivity index (χ4v) is 3.50. The topological polar surface area (TPSA) is 27.7 Å². The highest BCUT2D eigenvalue weighted by molar-refractivity contribution is 4.81. The standard InChI is InChI=1S/C16H33N3O/c1-20-15-5-8-17-9-14-18-12-6-16(7-13-18)19-10-3-2-4-11-19/h16-17H,2-15H2,1H3. The lowest BCUT2D eigenvalue weighted by molar-refractivity contribution is 0.0929. The van der Waals surface area contributed by atoms with Crippen LogP contribution in [0, 0.1) is 0 Å². The molecule has 0 aromatic rings. The van der Waals surface area contributed by atoms with Gasteiger partial charge in [-0.3, -0.25) is 0 Å². The monoisotopic (exact) mass is 283 g/mol. The van der Waals surface area contributed by atoms with Crippen molar-refractivity contribution in [3.63, 3.8) is 0 Å². The zero-order valence-corrected chi connectivity index (χ0v) is 13.3. The Morgan fingerprint density at radius 3 is 2.45 bits per heavy atom. The molecule has 2 rings (SSSR count). The van der Waals surface area contributed by atoms with E-state index < -0.39 is 0 Å². The minimum Gasteiger partial charge on any atom is -0.385 e. The van der Waals surface area contributed by atoms with E-state index in [1.165, 1.54) is 64.8 Å². The van der Waals surface area contributed by atoms with E-state index in [1.807, 2.05) is 0 Å². The zero-order valence-electron chi connectivity index (χ0n) is 13.3. The van der Waals surface area contributed by atoms with Gasteiger partial charge in [-0.25, -0.2) is 0 Å². The van der Waals surface area contributed by atoms with Crippen molar-refractivity contribution in [2.24, 2.45) is 0 Å². The summed E-state index contributed by atoms with van der Waals surface area (Å²) in [5.74, 6) is 0. The molecule has 2 aliphatic rings. The smallest absolute Gasteiger partial charge is 0.0474 e. The van der Waals surface area contributed by atoms with Crippen molar-refractivity contribution >= 4 is 0 Å². The van der Waals surface area contributed by atoms with E-state index in [1.54, 1.807) is 7.11 Å². The van der Waals surface area contributed by atoms with Crippen molar-refractivity contribution in [1.82, 2.24) is 15.1 Å². The lowest BCUT2D eigenvalue weighted by Crippen LogP contribution is -2.47. The Morgan fingerprint density at radius 1 is 1.00 bits per heavy atom. The van der Waals surface area contributed by atoms with Gasteiger partial charge in [0.15, 0.2) is 0 Å². The molecule has 4 heteroatoms. The largest absolute Gasteiger partial charge is 0.385 e. The number of nitrogens with one attached hydrogen (secondary N) is 1. The lowest BCUT2D eigenvalue weighted by Gasteiger charge is -2.40. The van der Waals surface area contributed by atoms with E-state index in [0.29, 0.717) is 0 Å². The van der Waals surface area contributed by atoms with Gasteiger partial charge in [0.1, 0.15) is 0 Å². The van der Waals surface area contributed by atoms with E-state index in [9.17, 15) is 0 Å². The molecule has 118 valence electrons. The van der Waals surface area contributed by atoms with Crippen LogP contribution in [0.3, 0.4) is 0 Å². The van der Waals surface area contributed by atoms with E-state index in [2.05, 4.69) is 15.1 Å². The Labute approximate surface area is 124 Å². The molecule has 0 amide bonds. The number of hydrogen-bond donors (Lipinski definition) is 1. The third-order valence-corrected chi connectivity index (χ3v) is 4.77. The molecule has 0 saturated carbocycles. The van der Waals surface area contributed by atoms with Gasteiger partial charge in [-0.2, -0.15) is 0 Å². The summed E-state index contributed by atoms with van der Waals surface area (Å²) >= 11 is 0. The summed E-state index contributed by atoms with van der Waals surface area (Å²) < 4.78 is 5.05. The second kappa shape index (κ2) is 9.72. The number of piperidine rings is 2. The molecule has 0 spiro atoms. The maximum absolute atomic E-state index is 5.05. The molecule has 2 heterocycles. The Balaban J connectivity index is 1.50. The van der Waals surface area contributed by atoms with Gasteiger partial charge in [-0.05, 0) is 64.8 Å². The number of likely N-dealkylation sites (tertiary alicyclic amines) is 2. The van der Waals surface area contributed by atoms with Crippen LogP contribution in [-0.2, 0) is 4.74 Å². The normalized spacial score (nSPS) is 23.2. The number of rotatable bonds is 8. The molecule has 2 aliphatic heterocycles. The van der Waals surface area contributed by atoms with Crippen molar-refractivity contribution in [1.29, 1.82) is 0 Å². The molecule has 4 nitrogen and oxygen atoms in total. The van der Waals surface area contributed by atoms with Crippen molar-refractivity contribution in [3.05, 3.63) is 0 Å². The Kier molecular flexibility index (Phi) is 7.88. The van der Waals surface area contributed by atoms with Gasteiger partial charge in [0.25, 0.3) is 0 Å². The number of ether oxygens (including phenoxy) is 1. The van der Waals surface area contributed by atoms with E-state index in [4.69, 9.17) is 4.74 Å². The first kappa shape index (κ1) is 16.2. The molecule has 20 heavy (non-hydrogen) atoms. The Bertz CT molecular complexity index is 236. The predicted molar refractivity (Wildman–Crippen MR) is 84.2 cm³/mol. The lowest BCUT2D eigenvalue weighted by atomic mass is 10.00. The SMILES string of the molecule is COCCCNCCN1CCC(N2CCCCC2)CC1. The van der Waals surface area contributed by atoms with Crippen molar-refractivity contribution in [2.45, 2.75) is 44.6 Å². The van der Waals surface area contributed by atoms with E-state index >= 15 is 0 Å². The summed E-state index contributed by atoms with van der Waals surface area (Å²) in [6.45, 7) is 9.57. The van der Waals surface area contributed by atoms with E-state index in [0.717, 1.165) is 32.2 Å². The molecule has 0 aliphatic carbocycles. The first-order chi connectivity index (χ1) is 9.90. The number of nitrogens with zero attached hydrogens (tertiary/aromatic N) is 2. The molecule has 0 aromatic heterocycles. The van der Waals surface area contributed by atoms with Gasteiger partial charge in [-0.1, -0.05) is 6.42 Å². The summed E-state index contributed by atoms with van der Waals surface area (Å²) in [6, 6.07) is 0.876. The zero-order chi connectivity index (χ0) is 14.0. The van der Waals surface area contributed by atoms with Crippen LogP contribution >= 0.6 is 0 Å². The molecular weight excluding hydrogens is 250 g/mol. The highest BCUT2D eigenvalue weighted by Gasteiger charge is 2.24. The summed E-state index contributed by atoms with van der Waals surface area (Å²) in [5.41, 5.74) is 0. The summed E-state index contributed by atoms with van der Waals surface area (Å²) in [4.78, 5) is 5.38. The highest BCUT2D eigenvalue weighted by Crippen LogP contribution is 2.20. The van der Waals surface area contributed by atoms with Crippen LogP contribution in [0.25, 0.3) is 0 Å². The average Bonchev–Trinajstić information content (AvgIpc) is 2.52. The molecule has 0 radical (unpaired) electrons. The van der Waals surface area contributed by atoms with Gasteiger partial charge < -0.3 is 19.9 Å². The van der Waals surface area contributed by atoms with Crippen LogP contribution in [0.15, 0.2) is 0 Å². The minimum atomic E-state index is 0.869. The first-order valence-corrected chi connectivity index (χ1v) is 8.56. The van der Waals surface area contributed by atoms with Gasteiger partial charge in [0.05, 0.1) is 0 Å². The average molecular weight is 283 g/mol. The van der Waals surface area contributed by atoms with Crippen molar-refractivity contribution in [2.75, 3.05) is 59.5 Å². The number of methoxy groups -OCH3 is 1. The molecule has 0 bridgehead atoms. The molecule has 2 fully saturated rings. The summed E-state index contributed by atoms with van der Waals surface area (Å²) in [7, 11) is 1.77. The van der Waals surface area contributed by atoms with Gasteiger partial charge in [-0.15, -0.1) is 0 Å². The maximum atomic E-state index is 5.05. The quantitative estimate of drug-likeness (QED) is 0.684. The van der Waals surface area contributed by atoms with E-state index in [-0.39, 0.29) is 0 Å². The molecule has 2 saturated heterocycles. The Morgan fingerprint density at radius 2 is 1.75 bits per heavy atom. The third-order valence-electron chi connectivity index (χ3n) is 4.77. The fourth-order valence-electron chi connectivity index (χ4n) is 3.50. The summed E-state index contributed by atoms with van der Waals surface area (Å²) in [5, 5.41) is 3.51. The second-order valence-electron chi connectivity index (χ2n) is 6.27. The molecule has 0 unspecified atom stereocenters. The molecule has 0 aromatic carbocycles. The van der Waals surface area contributed by atoms with Crippen molar-refractivity contribution < 1.29 is 4.74 Å². The molecule has 0 atom stereocenters. The van der Waals surface area contributed by atoms with Crippen LogP contribution in [0.4, 0.5) is 0 Å². The first-order valence-electron chi connectivity index (χ1n) is 8.56. The van der Waals surface area contributed by atoms with Crippen LogP contribution in [0.2, 0.25) is 0 Å². The maximum Gasteiger partial charge on any atom is 0.0474 e. The third kappa shape index (κ3) is 5.68. The molecular formula is C16H33N3O. The van der Waals surface area contributed by atoms with Crippen LogP contribution in [-0.4, -0.2) is 75.4 Å². The van der Waals surface area contributed by atoms with Gasteiger partial charge in [0, 0.05) is 32.8 Å². The van der Waals surface area contributed by atoms with Gasteiger partial charge >= 0.3 is 0 Å². The van der Waals surface area contributed by atoms with Crippen LogP contribution in [0.5, 0.6) is 0 Å². The van der Waals surface area contributed by atoms with Crippen LogP contribution in [0.1, 0.15) is 38.5 Å². The Hall–Kier alpha value is -0.160. The van der Waals surface area contributed by atoms with Crippen LogP contribution < -0.4 is 5.32 Å². The predicted octanol–water partition coefficient (Wildman–Crippen LogP) is 1.56. The summed E-state index contributed by atoms with van der Waals surface area (Å²) in [6.07, 6.45) is 8.17. The second-order valence-corrected chi connectivity index (χ2v) is 6.27. The van der Waals surface area contributed by atoms with Crippen molar-refractivity contribution in [3.8, 4) is 0 Å². The fraction of sp³-hybridized carbons (Fsp3) is 1.00. The molecule has 1 N–H and O–H groups in total.